The van der Waals surface area contributed by atoms with Gasteiger partial charge in [0.25, 0.3) is 0 Å². The molecule has 7 nitrogen and oxygen atoms in total. The number of halogens is 2. The Morgan fingerprint density at radius 1 is 1.08 bits per heavy atom. The van der Waals surface area contributed by atoms with Crippen molar-refractivity contribution in [2.75, 3.05) is 18.6 Å². The summed E-state index contributed by atoms with van der Waals surface area (Å²) in [7, 11) is 1.57. The van der Waals surface area contributed by atoms with Crippen LogP contribution in [0.5, 0.6) is 17.2 Å². The lowest BCUT2D eigenvalue weighted by Crippen LogP contribution is -2.52. The second kappa shape index (κ2) is 11.0. The molecule has 4 rings (SSSR count). The predicted octanol–water partition coefficient (Wildman–Crippen LogP) is 5.76. The average molecular weight is 514 g/mol. The summed E-state index contributed by atoms with van der Waals surface area (Å²) < 4.78 is 48.9. The highest BCUT2D eigenvalue weighted by atomic mass is 19.3. The van der Waals surface area contributed by atoms with Crippen LogP contribution < -0.4 is 19.1 Å². The van der Waals surface area contributed by atoms with Crippen LogP contribution in [0.25, 0.3) is 0 Å². The van der Waals surface area contributed by atoms with Crippen LogP contribution in [-0.4, -0.2) is 43.0 Å². The predicted molar refractivity (Wildman–Crippen MR) is 134 cm³/mol. The number of hydrogen-bond donors (Lipinski definition) is 1. The van der Waals surface area contributed by atoms with Gasteiger partial charge in [0.2, 0.25) is 0 Å². The first kappa shape index (κ1) is 26.2. The van der Waals surface area contributed by atoms with E-state index in [1.807, 2.05) is 56.3 Å². The summed E-state index contributed by atoms with van der Waals surface area (Å²) in [6.45, 7) is 1.45. The van der Waals surface area contributed by atoms with E-state index in [0.717, 1.165) is 11.1 Å². The second-order valence-corrected chi connectivity index (χ2v) is 9.19. The number of alkyl halides is 2. The molecule has 0 radical (unpaired) electrons. The molecule has 1 unspecified atom stereocenters. The molecular formula is C28H29F2NO6. The van der Waals surface area contributed by atoms with Crippen LogP contribution in [0.1, 0.15) is 35.3 Å². The second-order valence-electron chi connectivity index (χ2n) is 9.19. The van der Waals surface area contributed by atoms with Crippen LogP contribution in [0.3, 0.4) is 0 Å². The number of carboxylic acids is 1. The zero-order valence-electron chi connectivity index (χ0n) is 20.8. The third kappa shape index (κ3) is 6.11. The summed E-state index contributed by atoms with van der Waals surface area (Å²) in [5, 5.41) is 9.89. The molecule has 1 aliphatic rings. The third-order valence-corrected chi connectivity index (χ3v) is 6.27. The first-order valence-corrected chi connectivity index (χ1v) is 11.8. The summed E-state index contributed by atoms with van der Waals surface area (Å²) in [5.74, 6) is -0.820. The van der Waals surface area contributed by atoms with Gasteiger partial charge in [-0.2, -0.15) is 8.78 Å². The Bertz CT molecular complexity index is 1220. The van der Waals surface area contributed by atoms with Gasteiger partial charge in [0, 0.05) is 6.54 Å². The molecule has 1 heterocycles. The molecule has 9 heteroatoms. The Balaban J connectivity index is 1.72. The Labute approximate surface area is 214 Å². The molecule has 1 N–H and O–H groups in total. The highest BCUT2D eigenvalue weighted by Gasteiger charge is 2.41. The van der Waals surface area contributed by atoms with E-state index in [0.29, 0.717) is 18.9 Å². The summed E-state index contributed by atoms with van der Waals surface area (Å²) in [4.78, 5) is 13.9. The first-order valence-electron chi connectivity index (χ1n) is 11.8. The van der Waals surface area contributed by atoms with Crippen molar-refractivity contribution in [2.45, 2.75) is 45.3 Å². The van der Waals surface area contributed by atoms with Gasteiger partial charge in [-0.05, 0) is 49.2 Å². The van der Waals surface area contributed by atoms with Gasteiger partial charge in [0.1, 0.15) is 17.5 Å². The highest BCUT2D eigenvalue weighted by Crippen LogP contribution is 2.46. The molecule has 0 fully saturated rings. The third-order valence-electron chi connectivity index (χ3n) is 6.27. The number of fused-ring (bicyclic) bond motifs is 1. The lowest BCUT2D eigenvalue weighted by atomic mass is 9.96. The molecule has 0 saturated carbocycles. The highest BCUT2D eigenvalue weighted by molar-refractivity contribution is 5.97. The molecule has 3 aromatic carbocycles. The fourth-order valence-corrected chi connectivity index (χ4v) is 4.21. The number of carbonyl (C=O) groups is 1. The Morgan fingerprint density at radius 3 is 2.41 bits per heavy atom. The van der Waals surface area contributed by atoms with E-state index < -0.39 is 24.3 Å². The number of rotatable bonds is 10. The van der Waals surface area contributed by atoms with Gasteiger partial charge in [0.05, 0.1) is 31.5 Å². The van der Waals surface area contributed by atoms with Crippen molar-refractivity contribution in [3.05, 3.63) is 83.4 Å². The first-order chi connectivity index (χ1) is 17.7. The average Bonchev–Trinajstić information content (AvgIpc) is 2.88. The lowest BCUT2D eigenvalue weighted by Gasteiger charge is -2.43. The van der Waals surface area contributed by atoms with Crippen molar-refractivity contribution in [3.8, 4) is 17.2 Å². The molecule has 0 bridgehead atoms. The minimum atomic E-state index is -3.11. The number of nitrogens with zero attached hydrogens (tertiary/aromatic N) is 1. The molecule has 0 saturated heterocycles. The standard InChI is InChI=1S/C28H29F2NO6/c1-28(2,35-17-19-7-5-4-6-8-19)23-16-31(15-18-9-11-20(34-3)12-10-18)24-21(26(32)33)13-14-22(25(24)37-23)36-27(29)30/h4-14,23,27H,15-17H2,1-3H3,(H,32,33). The zero-order chi connectivity index (χ0) is 26.6. The van der Waals surface area contributed by atoms with E-state index in [-0.39, 0.29) is 29.3 Å². The van der Waals surface area contributed by atoms with E-state index in [1.165, 1.54) is 12.1 Å². The van der Waals surface area contributed by atoms with Crippen LogP contribution in [-0.2, 0) is 17.9 Å². The molecule has 1 atom stereocenters. The van der Waals surface area contributed by atoms with Crippen molar-refractivity contribution < 1.29 is 37.6 Å². The summed E-state index contributed by atoms with van der Waals surface area (Å²) in [6.07, 6.45) is -0.633. The Kier molecular flexibility index (Phi) is 7.83. The van der Waals surface area contributed by atoms with E-state index in [1.54, 1.807) is 24.1 Å². The topological polar surface area (TPSA) is 77.5 Å². The minimum Gasteiger partial charge on any atom is -0.497 e. The van der Waals surface area contributed by atoms with E-state index >= 15 is 0 Å². The fraction of sp³-hybridized carbons (Fsp3) is 0.321. The van der Waals surface area contributed by atoms with Gasteiger partial charge in [0.15, 0.2) is 11.5 Å². The maximum absolute atomic E-state index is 13.3. The smallest absolute Gasteiger partial charge is 0.387 e. The van der Waals surface area contributed by atoms with Crippen molar-refractivity contribution in [2.24, 2.45) is 0 Å². The van der Waals surface area contributed by atoms with Crippen molar-refractivity contribution in [1.29, 1.82) is 0 Å². The summed E-state index contributed by atoms with van der Waals surface area (Å²) >= 11 is 0. The number of ether oxygens (including phenoxy) is 4. The van der Waals surface area contributed by atoms with Gasteiger partial charge in [-0.15, -0.1) is 0 Å². The van der Waals surface area contributed by atoms with Crippen LogP contribution in [0.15, 0.2) is 66.7 Å². The maximum Gasteiger partial charge on any atom is 0.387 e. The maximum atomic E-state index is 13.3. The number of anilines is 1. The largest absolute Gasteiger partial charge is 0.497 e. The van der Waals surface area contributed by atoms with Gasteiger partial charge in [-0.25, -0.2) is 4.79 Å². The van der Waals surface area contributed by atoms with Crippen molar-refractivity contribution in [3.63, 3.8) is 0 Å². The van der Waals surface area contributed by atoms with E-state index in [9.17, 15) is 18.7 Å². The number of carboxylic acid groups (broad SMARTS) is 1. The normalized spacial score (nSPS) is 15.2. The Hall–Kier alpha value is -3.85. The van der Waals surface area contributed by atoms with Crippen LogP contribution in [0, 0.1) is 0 Å². The number of methoxy groups -OCH3 is 1. The number of benzene rings is 3. The number of hydrogen-bond acceptors (Lipinski definition) is 6. The Morgan fingerprint density at radius 2 is 1.78 bits per heavy atom. The molecular weight excluding hydrogens is 484 g/mol. The van der Waals surface area contributed by atoms with Gasteiger partial charge in [-0.3, -0.25) is 0 Å². The molecule has 0 aromatic heterocycles. The summed E-state index contributed by atoms with van der Waals surface area (Å²) in [6, 6.07) is 19.4. The lowest BCUT2D eigenvalue weighted by molar-refractivity contribution is -0.101. The number of aromatic carboxylic acids is 1. The molecule has 1 aliphatic heterocycles. The molecule has 0 amide bonds. The molecule has 0 spiro atoms. The molecule has 0 aliphatic carbocycles. The zero-order valence-corrected chi connectivity index (χ0v) is 20.8. The molecule has 3 aromatic rings. The molecule has 196 valence electrons. The van der Waals surface area contributed by atoms with E-state index in [4.69, 9.17) is 18.9 Å². The minimum absolute atomic E-state index is 0.0543. The monoisotopic (exact) mass is 513 g/mol. The van der Waals surface area contributed by atoms with Crippen molar-refractivity contribution in [1.82, 2.24) is 0 Å². The summed E-state index contributed by atoms with van der Waals surface area (Å²) in [5.41, 5.74) is 1.07. The molecule has 37 heavy (non-hydrogen) atoms. The van der Waals surface area contributed by atoms with Crippen LogP contribution >= 0.6 is 0 Å². The van der Waals surface area contributed by atoms with Crippen LogP contribution in [0.2, 0.25) is 0 Å². The van der Waals surface area contributed by atoms with Crippen molar-refractivity contribution >= 4 is 11.7 Å². The van der Waals surface area contributed by atoms with Gasteiger partial charge < -0.3 is 29.0 Å². The van der Waals surface area contributed by atoms with Crippen LogP contribution in [0.4, 0.5) is 14.5 Å². The SMILES string of the molecule is COc1ccc(CN2CC(C(C)(C)OCc3ccccc3)Oc3c(OC(F)F)ccc(C(=O)O)c32)cc1. The quantitative estimate of drug-likeness (QED) is 0.369. The fourth-order valence-electron chi connectivity index (χ4n) is 4.21. The van der Waals surface area contributed by atoms with E-state index in [2.05, 4.69) is 0 Å². The van der Waals surface area contributed by atoms with Gasteiger partial charge in [-0.1, -0.05) is 42.5 Å². The van der Waals surface area contributed by atoms with Gasteiger partial charge >= 0.3 is 12.6 Å².